The topological polar surface area (TPSA) is 70.6 Å². The number of amides is 2. The zero-order valence-electron chi connectivity index (χ0n) is 16.2. The Balaban J connectivity index is 1.65. The largest absolute Gasteiger partial charge is 0.438 e. The molecule has 0 saturated carbocycles. The molecule has 1 fully saturated rings. The van der Waals surface area contributed by atoms with Gasteiger partial charge in [0, 0.05) is 32.6 Å². The van der Waals surface area contributed by atoms with Crippen LogP contribution in [-0.2, 0) is 13.0 Å². The van der Waals surface area contributed by atoms with Crippen LogP contribution >= 0.6 is 0 Å². The number of nitrogens with zero attached hydrogens (tertiary/aromatic N) is 4. The molecule has 0 aliphatic carbocycles. The van der Waals surface area contributed by atoms with Crippen LogP contribution in [0.25, 0.3) is 0 Å². The van der Waals surface area contributed by atoms with E-state index in [1.54, 1.807) is 23.1 Å². The van der Waals surface area contributed by atoms with Crippen LogP contribution in [0.1, 0.15) is 24.1 Å². The van der Waals surface area contributed by atoms with Crippen molar-refractivity contribution in [3.05, 3.63) is 54.0 Å². The van der Waals surface area contributed by atoms with Crippen LogP contribution < -0.4 is 15.0 Å². The Kier molecular flexibility index (Phi) is 5.59. The molecule has 8 heteroatoms. The molecule has 2 amide bonds. The molecule has 0 atom stereocenters. The van der Waals surface area contributed by atoms with E-state index in [-0.39, 0.29) is 11.8 Å². The molecule has 4 rings (SSSR count). The maximum absolute atomic E-state index is 13.3. The molecule has 2 aromatic rings. The molecule has 0 radical (unpaired) electrons. The van der Waals surface area contributed by atoms with Crippen molar-refractivity contribution < 1.29 is 13.9 Å². The Labute approximate surface area is 169 Å². The minimum atomic E-state index is -0.329. The predicted octanol–water partition coefficient (Wildman–Crippen LogP) is 3.26. The van der Waals surface area contributed by atoms with Crippen LogP contribution in [0.5, 0.6) is 11.6 Å². The Morgan fingerprint density at radius 3 is 2.69 bits per heavy atom. The first-order valence-electron chi connectivity index (χ1n) is 9.86. The Morgan fingerprint density at radius 2 is 1.97 bits per heavy atom. The van der Waals surface area contributed by atoms with Gasteiger partial charge in [0.2, 0.25) is 11.8 Å². The molecule has 0 bridgehead atoms. The molecule has 2 aliphatic heterocycles. The molecular formula is C21H24FN5O2. The SMILES string of the molecule is C=CCNC(=O)N1CCc2nc(N3CCCC3)nc(Oc3ccc(F)cc3)c2C1. The zero-order valence-corrected chi connectivity index (χ0v) is 16.2. The molecule has 1 saturated heterocycles. The van der Waals surface area contributed by atoms with Crippen molar-refractivity contribution in [3.8, 4) is 11.6 Å². The number of ether oxygens (including phenoxy) is 1. The number of carbonyl (C=O) groups excluding carboxylic acids is 1. The molecule has 152 valence electrons. The predicted molar refractivity (Wildman–Crippen MR) is 108 cm³/mol. The molecule has 1 N–H and O–H groups in total. The quantitative estimate of drug-likeness (QED) is 0.785. The summed E-state index contributed by atoms with van der Waals surface area (Å²) in [6.45, 7) is 6.80. The number of fused-ring (bicyclic) bond motifs is 1. The van der Waals surface area contributed by atoms with E-state index >= 15 is 0 Å². The smallest absolute Gasteiger partial charge is 0.317 e. The van der Waals surface area contributed by atoms with Crippen molar-refractivity contribution in [2.24, 2.45) is 0 Å². The highest BCUT2D eigenvalue weighted by molar-refractivity contribution is 5.74. The highest BCUT2D eigenvalue weighted by Gasteiger charge is 2.28. The van der Waals surface area contributed by atoms with Crippen LogP contribution in [0.15, 0.2) is 36.9 Å². The van der Waals surface area contributed by atoms with Gasteiger partial charge in [-0.3, -0.25) is 0 Å². The second-order valence-corrected chi connectivity index (χ2v) is 7.15. The van der Waals surface area contributed by atoms with Gasteiger partial charge in [-0.2, -0.15) is 4.98 Å². The van der Waals surface area contributed by atoms with E-state index in [4.69, 9.17) is 9.72 Å². The van der Waals surface area contributed by atoms with E-state index in [9.17, 15) is 9.18 Å². The summed E-state index contributed by atoms with van der Waals surface area (Å²) >= 11 is 0. The van der Waals surface area contributed by atoms with Gasteiger partial charge in [0.25, 0.3) is 0 Å². The van der Waals surface area contributed by atoms with Gasteiger partial charge in [0.15, 0.2) is 0 Å². The highest BCUT2D eigenvalue weighted by Crippen LogP contribution is 2.32. The number of rotatable bonds is 5. The first-order valence-corrected chi connectivity index (χ1v) is 9.86. The van der Waals surface area contributed by atoms with Crippen LogP contribution in [0, 0.1) is 5.82 Å². The third-order valence-corrected chi connectivity index (χ3v) is 5.11. The minimum Gasteiger partial charge on any atom is -0.438 e. The number of anilines is 1. The Hall–Kier alpha value is -3.16. The number of nitrogens with one attached hydrogen (secondary N) is 1. The molecule has 3 heterocycles. The lowest BCUT2D eigenvalue weighted by Crippen LogP contribution is -2.43. The van der Waals surface area contributed by atoms with E-state index in [0.717, 1.165) is 37.2 Å². The molecular weight excluding hydrogens is 373 g/mol. The second-order valence-electron chi connectivity index (χ2n) is 7.15. The summed E-state index contributed by atoms with van der Waals surface area (Å²) in [6.07, 6.45) is 4.50. The molecule has 7 nitrogen and oxygen atoms in total. The number of benzene rings is 1. The molecule has 0 unspecified atom stereocenters. The summed E-state index contributed by atoms with van der Waals surface area (Å²) in [5.41, 5.74) is 1.68. The summed E-state index contributed by atoms with van der Waals surface area (Å²) in [5.74, 6) is 1.24. The lowest BCUT2D eigenvalue weighted by atomic mass is 10.1. The average molecular weight is 397 g/mol. The Morgan fingerprint density at radius 1 is 1.21 bits per heavy atom. The monoisotopic (exact) mass is 397 g/mol. The van der Waals surface area contributed by atoms with Gasteiger partial charge in [-0.15, -0.1) is 6.58 Å². The van der Waals surface area contributed by atoms with Crippen molar-refractivity contribution in [2.45, 2.75) is 25.8 Å². The average Bonchev–Trinajstić information content (AvgIpc) is 3.28. The number of aromatic nitrogens is 2. The fourth-order valence-electron chi connectivity index (χ4n) is 3.57. The van der Waals surface area contributed by atoms with Crippen LogP contribution in [0.4, 0.5) is 15.1 Å². The zero-order chi connectivity index (χ0) is 20.2. The summed E-state index contributed by atoms with van der Waals surface area (Å²) in [4.78, 5) is 25.7. The van der Waals surface area contributed by atoms with Crippen LogP contribution in [-0.4, -0.2) is 47.1 Å². The highest BCUT2D eigenvalue weighted by atomic mass is 19.1. The van der Waals surface area contributed by atoms with E-state index in [1.807, 2.05) is 0 Å². The maximum Gasteiger partial charge on any atom is 0.317 e. The van der Waals surface area contributed by atoms with Crippen molar-refractivity contribution in [3.63, 3.8) is 0 Å². The lowest BCUT2D eigenvalue weighted by molar-refractivity contribution is 0.192. The number of hydrogen-bond donors (Lipinski definition) is 1. The summed E-state index contributed by atoms with van der Waals surface area (Å²) in [6, 6.07) is 5.67. The molecule has 0 spiro atoms. The second kappa shape index (κ2) is 8.46. The molecule has 29 heavy (non-hydrogen) atoms. The lowest BCUT2D eigenvalue weighted by Gasteiger charge is -2.30. The van der Waals surface area contributed by atoms with Gasteiger partial charge in [0.05, 0.1) is 17.8 Å². The van der Waals surface area contributed by atoms with Crippen LogP contribution in [0.2, 0.25) is 0 Å². The maximum atomic E-state index is 13.3. The molecule has 2 aliphatic rings. The fraction of sp³-hybridized carbons (Fsp3) is 0.381. The van der Waals surface area contributed by atoms with Gasteiger partial charge in [-0.25, -0.2) is 14.2 Å². The normalized spacial score (nSPS) is 15.8. The number of halogens is 1. The fourth-order valence-corrected chi connectivity index (χ4v) is 3.57. The van der Waals surface area contributed by atoms with Gasteiger partial charge in [-0.1, -0.05) is 6.08 Å². The third kappa shape index (κ3) is 4.31. The van der Waals surface area contributed by atoms with Crippen molar-refractivity contribution in [1.82, 2.24) is 20.2 Å². The van der Waals surface area contributed by atoms with E-state index in [1.165, 1.54) is 12.1 Å². The van der Waals surface area contributed by atoms with Crippen molar-refractivity contribution in [2.75, 3.05) is 31.1 Å². The Bertz CT molecular complexity index is 897. The summed E-state index contributed by atoms with van der Waals surface area (Å²) < 4.78 is 19.3. The van der Waals surface area contributed by atoms with Gasteiger partial charge < -0.3 is 19.9 Å². The van der Waals surface area contributed by atoms with E-state index in [0.29, 0.717) is 43.6 Å². The third-order valence-electron chi connectivity index (χ3n) is 5.11. The van der Waals surface area contributed by atoms with E-state index < -0.39 is 0 Å². The molecule has 1 aromatic heterocycles. The van der Waals surface area contributed by atoms with Gasteiger partial charge in [0.1, 0.15) is 11.6 Å². The first kappa shape index (κ1) is 19.2. The van der Waals surface area contributed by atoms with Gasteiger partial charge >= 0.3 is 6.03 Å². The first-order chi connectivity index (χ1) is 14.1. The van der Waals surface area contributed by atoms with Crippen molar-refractivity contribution in [1.29, 1.82) is 0 Å². The number of carbonyl (C=O) groups is 1. The van der Waals surface area contributed by atoms with Crippen molar-refractivity contribution >= 4 is 12.0 Å². The van der Waals surface area contributed by atoms with E-state index in [2.05, 4.69) is 21.8 Å². The molecule has 1 aromatic carbocycles. The standard InChI is InChI=1S/C21H24FN5O2/c1-2-10-23-21(28)27-13-9-18-17(14-27)19(29-16-7-5-15(22)6-8-16)25-20(24-18)26-11-3-4-12-26/h2,5-8H,1,3-4,9-14H2,(H,23,28). The number of urea groups is 1. The minimum absolute atomic E-state index is 0.160. The van der Waals surface area contributed by atoms with Crippen LogP contribution in [0.3, 0.4) is 0 Å². The summed E-state index contributed by atoms with van der Waals surface area (Å²) in [5, 5.41) is 2.80. The summed E-state index contributed by atoms with van der Waals surface area (Å²) in [7, 11) is 0. The number of hydrogen-bond acceptors (Lipinski definition) is 5. The van der Waals surface area contributed by atoms with Gasteiger partial charge in [-0.05, 0) is 37.1 Å².